The number of hydrogen-bond acceptors (Lipinski definition) is 2. The molecule has 60 valence electrons. The molecule has 1 atom stereocenters. The first-order chi connectivity index (χ1) is 4.34. The molecule has 2 nitrogen and oxygen atoms in total. The number of aliphatic hydroxyl groups is 1. The minimum absolute atomic E-state index is 0.188. The van der Waals surface area contributed by atoms with Crippen LogP contribution in [0.5, 0.6) is 0 Å². The van der Waals surface area contributed by atoms with Gasteiger partial charge in [-0.2, -0.15) is 0 Å². The average Bonchev–Trinajstić information content (AvgIpc) is 1.60. The van der Waals surface area contributed by atoms with Crippen molar-refractivity contribution in [3.63, 3.8) is 0 Å². The zero-order valence-electron chi connectivity index (χ0n) is 6.84. The van der Waals surface area contributed by atoms with Gasteiger partial charge < -0.3 is 5.11 Å². The molecule has 1 N–H and O–H groups in total. The van der Waals surface area contributed by atoms with E-state index in [1.165, 1.54) is 11.7 Å². The van der Waals surface area contributed by atoms with Crippen LogP contribution in [0.1, 0.15) is 20.8 Å². The van der Waals surface area contributed by atoms with E-state index in [4.69, 9.17) is 0 Å². The Hall–Kier alpha value is -0.310. The molecule has 0 amide bonds. The molecule has 0 aliphatic heterocycles. The summed E-state index contributed by atoms with van der Waals surface area (Å²) < 4.78 is 10.6. The zero-order chi connectivity index (χ0) is 8.36. The molecule has 0 aliphatic rings. The van der Waals surface area contributed by atoms with Crippen LogP contribution in [0.4, 0.5) is 0 Å². The molecular formula is C7H14O2S. The third-order valence-electron chi connectivity index (χ3n) is 1.05. The van der Waals surface area contributed by atoms with E-state index in [0.717, 1.165) is 0 Å². The van der Waals surface area contributed by atoms with E-state index in [-0.39, 0.29) is 11.2 Å². The van der Waals surface area contributed by atoms with Gasteiger partial charge in [-0.15, -0.1) is 0 Å². The number of hydrogen-bond donors (Lipinski definition) is 1. The zero-order valence-corrected chi connectivity index (χ0v) is 7.66. The van der Waals surface area contributed by atoms with Crippen LogP contribution in [-0.2, 0) is 10.8 Å². The molecule has 0 aromatic heterocycles. The first kappa shape index (κ1) is 9.69. The predicted molar refractivity (Wildman–Crippen MR) is 44.2 cm³/mol. The van der Waals surface area contributed by atoms with E-state index in [2.05, 4.69) is 0 Å². The normalized spacial score (nSPS) is 17.0. The Balaban J connectivity index is 4.35. The van der Waals surface area contributed by atoms with Crippen molar-refractivity contribution < 1.29 is 9.32 Å². The highest BCUT2D eigenvalue weighted by Gasteiger charge is 2.15. The molecule has 0 aromatic rings. The van der Waals surface area contributed by atoms with Gasteiger partial charge in [-0.05, 0) is 0 Å². The molecule has 10 heavy (non-hydrogen) atoms. The van der Waals surface area contributed by atoms with E-state index in [0.29, 0.717) is 0 Å². The minimum Gasteiger partial charge on any atom is -0.511 e. The highest BCUT2D eigenvalue weighted by atomic mass is 32.2. The molecule has 3 heteroatoms. The number of aliphatic hydroxyl groups excluding tert-OH is 1. The maximum absolute atomic E-state index is 10.6. The van der Waals surface area contributed by atoms with Crippen molar-refractivity contribution in [3.05, 3.63) is 11.2 Å². The first-order valence-electron chi connectivity index (χ1n) is 3.07. The highest BCUT2D eigenvalue weighted by Crippen LogP contribution is 2.22. The van der Waals surface area contributed by atoms with Crippen LogP contribution in [-0.4, -0.2) is 15.6 Å². The van der Waals surface area contributed by atoms with Crippen LogP contribution in [0.2, 0.25) is 0 Å². The molecule has 0 rings (SSSR count). The largest absolute Gasteiger partial charge is 0.511 e. The summed E-state index contributed by atoms with van der Waals surface area (Å²) in [6.45, 7) is 5.60. The molecule has 1 unspecified atom stereocenters. The monoisotopic (exact) mass is 162 g/mol. The standard InChI is InChI=1S/C7H14O2S/c1-7(2,3)6(8)5-10(4)9/h5,8H,1-4H3. The quantitative estimate of drug-likeness (QED) is 0.597. The molecular weight excluding hydrogens is 148 g/mol. The summed E-state index contributed by atoms with van der Waals surface area (Å²) in [7, 11) is -1.05. The Morgan fingerprint density at radius 3 is 2.00 bits per heavy atom. The maximum Gasteiger partial charge on any atom is 0.106 e. The van der Waals surface area contributed by atoms with E-state index >= 15 is 0 Å². The van der Waals surface area contributed by atoms with E-state index in [1.54, 1.807) is 0 Å². The second-order valence-corrected chi connectivity index (χ2v) is 4.48. The van der Waals surface area contributed by atoms with Gasteiger partial charge in [0.15, 0.2) is 0 Å². The van der Waals surface area contributed by atoms with Crippen LogP contribution in [0.3, 0.4) is 0 Å². The molecule has 0 radical (unpaired) electrons. The summed E-state index contributed by atoms with van der Waals surface area (Å²) in [4.78, 5) is 0. The number of allylic oxidation sites excluding steroid dienone is 1. The van der Waals surface area contributed by atoms with Crippen molar-refractivity contribution in [2.24, 2.45) is 5.41 Å². The second-order valence-electron chi connectivity index (χ2n) is 3.25. The van der Waals surface area contributed by atoms with Gasteiger partial charge in [0.25, 0.3) is 0 Å². The fraction of sp³-hybridized carbons (Fsp3) is 0.714. The molecule has 0 aliphatic carbocycles. The summed E-state index contributed by atoms with van der Waals surface area (Å²) >= 11 is 0. The minimum atomic E-state index is -1.05. The third-order valence-corrected chi connectivity index (χ3v) is 1.60. The Labute approximate surface area is 64.4 Å². The predicted octanol–water partition coefficient (Wildman–Crippen LogP) is 1.81. The fourth-order valence-electron chi connectivity index (χ4n) is 0.334. The van der Waals surface area contributed by atoms with Gasteiger partial charge in [0, 0.05) is 27.9 Å². The van der Waals surface area contributed by atoms with Gasteiger partial charge in [-0.3, -0.25) is 4.21 Å². The molecule has 0 spiro atoms. The smallest absolute Gasteiger partial charge is 0.106 e. The van der Waals surface area contributed by atoms with Crippen molar-refractivity contribution in [1.29, 1.82) is 0 Å². The maximum atomic E-state index is 10.6. The van der Waals surface area contributed by atoms with Gasteiger partial charge in [-0.25, -0.2) is 0 Å². The Kier molecular flexibility index (Phi) is 3.09. The lowest BCUT2D eigenvalue weighted by atomic mass is 9.95. The molecule has 0 saturated heterocycles. The molecule has 0 fully saturated rings. The molecule has 0 heterocycles. The van der Waals surface area contributed by atoms with Crippen LogP contribution >= 0.6 is 0 Å². The highest BCUT2D eigenvalue weighted by molar-refractivity contribution is 7.87. The fourth-order valence-corrected chi connectivity index (χ4v) is 1.00. The van der Waals surface area contributed by atoms with Crippen molar-refractivity contribution in [2.45, 2.75) is 20.8 Å². The van der Waals surface area contributed by atoms with Gasteiger partial charge in [-0.1, -0.05) is 20.8 Å². The Bertz CT molecular complexity index is 165. The van der Waals surface area contributed by atoms with E-state index < -0.39 is 10.8 Å². The second kappa shape index (κ2) is 3.19. The summed E-state index contributed by atoms with van der Waals surface area (Å²) in [6, 6.07) is 0. The molecule has 0 saturated carbocycles. The summed E-state index contributed by atoms with van der Waals surface area (Å²) in [5, 5.41) is 10.6. The Morgan fingerprint density at radius 2 is 1.90 bits per heavy atom. The third kappa shape index (κ3) is 3.67. The summed E-state index contributed by atoms with van der Waals surface area (Å²) in [6.07, 6.45) is 1.53. The van der Waals surface area contributed by atoms with Crippen molar-refractivity contribution in [3.8, 4) is 0 Å². The van der Waals surface area contributed by atoms with Crippen molar-refractivity contribution in [1.82, 2.24) is 0 Å². The lowest BCUT2D eigenvalue weighted by molar-refractivity contribution is 0.279. The average molecular weight is 162 g/mol. The lowest BCUT2D eigenvalue weighted by Gasteiger charge is -2.16. The van der Waals surface area contributed by atoms with Crippen LogP contribution in [0.15, 0.2) is 11.2 Å². The van der Waals surface area contributed by atoms with Crippen LogP contribution in [0.25, 0.3) is 0 Å². The SMILES string of the molecule is CS(=O)C=C(O)C(C)(C)C. The van der Waals surface area contributed by atoms with Gasteiger partial charge in [0.05, 0.1) is 0 Å². The van der Waals surface area contributed by atoms with Gasteiger partial charge in [0.1, 0.15) is 5.76 Å². The van der Waals surface area contributed by atoms with Crippen molar-refractivity contribution in [2.75, 3.05) is 6.26 Å². The number of rotatable bonds is 1. The summed E-state index contributed by atoms with van der Waals surface area (Å²) in [5.41, 5.74) is -0.286. The lowest BCUT2D eigenvalue weighted by Crippen LogP contribution is -2.09. The van der Waals surface area contributed by atoms with E-state index in [1.807, 2.05) is 20.8 Å². The molecule has 0 bridgehead atoms. The van der Waals surface area contributed by atoms with Gasteiger partial charge >= 0.3 is 0 Å². The summed E-state index contributed by atoms with van der Waals surface area (Å²) in [5.74, 6) is 0.188. The van der Waals surface area contributed by atoms with Crippen molar-refractivity contribution >= 4 is 10.8 Å². The Morgan fingerprint density at radius 1 is 1.50 bits per heavy atom. The molecule has 0 aromatic carbocycles. The van der Waals surface area contributed by atoms with Gasteiger partial charge in [0.2, 0.25) is 0 Å². The van der Waals surface area contributed by atoms with Crippen LogP contribution in [0, 0.1) is 5.41 Å². The van der Waals surface area contributed by atoms with E-state index in [9.17, 15) is 9.32 Å². The topological polar surface area (TPSA) is 37.3 Å². The first-order valence-corrected chi connectivity index (χ1v) is 4.69. The van der Waals surface area contributed by atoms with Crippen LogP contribution < -0.4 is 0 Å².